The molecule has 5 nitrogen and oxygen atoms in total. The van der Waals surface area contributed by atoms with E-state index in [-0.39, 0.29) is 11.7 Å². The minimum atomic E-state index is -0.885. The van der Waals surface area contributed by atoms with Crippen LogP contribution in [0.4, 0.5) is 0 Å². The molecule has 0 unspecified atom stereocenters. The molecular weight excluding hydrogens is 296 g/mol. The summed E-state index contributed by atoms with van der Waals surface area (Å²) in [6, 6.07) is 9.16. The number of amides is 1. The number of benzene rings is 1. The highest BCUT2D eigenvalue weighted by atomic mass is 32.2. The second-order valence-electron chi connectivity index (χ2n) is 4.32. The molecule has 1 fully saturated rings. The van der Waals surface area contributed by atoms with E-state index in [0.29, 0.717) is 17.4 Å². The van der Waals surface area contributed by atoms with Crippen LogP contribution in [-0.2, 0) is 16.1 Å². The molecule has 1 aliphatic rings. The first-order chi connectivity index (χ1) is 9.58. The molecule has 20 heavy (non-hydrogen) atoms. The number of carbonyl (C=O) groups excluding carboxylic acids is 1. The number of carboxylic acid groups (broad SMARTS) is 1. The molecule has 1 aliphatic heterocycles. The number of nitrogens with zero attached hydrogens (tertiary/aromatic N) is 1. The Labute approximate surface area is 126 Å². The standard InChI is InChI=1S/C13H14N2O3S2/c16-11(17)8-20-7-10-12(18)15(13(19)14-10)6-9-4-2-1-3-5-9/h1-5,10H,6-8H2,(H,14,19)(H,16,17)/t10-/m1/s1. The topological polar surface area (TPSA) is 69.6 Å². The molecule has 1 atom stereocenters. The normalized spacial score (nSPS) is 18.2. The predicted octanol–water partition coefficient (Wildman–Crippen LogP) is 1.09. The van der Waals surface area contributed by atoms with Gasteiger partial charge in [-0.3, -0.25) is 14.5 Å². The molecule has 1 aromatic carbocycles. The Bertz CT molecular complexity index is 522. The molecule has 2 rings (SSSR count). The first-order valence-electron chi connectivity index (χ1n) is 6.03. The van der Waals surface area contributed by atoms with Gasteiger partial charge in [0.25, 0.3) is 5.91 Å². The molecule has 1 aromatic rings. The lowest BCUT2D eigenvalue weighted by Crippen LogP contribution is -2.32. The number of aliphatic carboxylic acids is 1. The average Bonchev–Trinajstić information content (AvgIpc) is 2.67. The highest BCUT2D eigenvalue weighted by molar-refractivity contribution is 8.00. The monoisotopic (exact) mass is 310 g/mol. The van der Waals surface area contributed by atoms with Gasteiger partial charge in [0.15, 0.2) is 5.11 Å². The SMILES string of the molecule is O=C(O)CSC[C@H]1NC(=S)N(Cc2ccccc2)C1=O. The summed E-state index contributed by atoms with van der Waals surface area (Å²) in [5, 5.41) is 11.9. The van der Waals surface area contributed by atoms with Crippen LogP contribution in [0, 0.1) is 0 Å². The van der Waals surface area contributed by atoms with Crippen molar-refractivity contribution in [2.45, 2.75) is 12.6 Å². The zero-order chi connectivity index (χ0) is 14.5. The van der Waals surface area contributed by atoms with Crippen LogP contribution < -0.4 is 5.32 Å². The van der Waals surface area contributed by atoms with E-state index >= 15 is 0 Å². The van der Waals surface area contributed by atoms with Gasteiger partial charge < -0.3 is 10.4 Å². The van der Waals surface area contributed by atoms with Crippen LogP contribution in [0.3, 0.4) is 0 Å². The van der Waals surface area contributed by atoms with Gasteiger partial charge in [0, 0.05) is 5.75 Å². The van der Waals surface area contributed by atoms with Crippen molar-refractivity contribution in [3.8, 4) is 0 Å². The summed E-state index contributed by atoms with van der Waals surface area (Å²) in [7, 11) is 0. The molecule has 0 aromatic heterocycles. The third kappa shape index (κ3) is 3.71. The molecule has 106 valence electrons. The maximum Gasteiger partial charge on any atom is 0.313 e. The summed E-state index contributed by atoms with van der Waals surface area (Å²) in [6.45, 7) is 0.436. The second kappa shape index (κ2) is 6.71. The smallest absolute Gasteiger partial charge is 0.313 e. The van der Waals surface area contributed by atoms with Gasteiger partial charge in [-0.05, 0) is 17.8 Å². The number of carboxylic acids is 1. The van der Waals surface area contributed by atoms with Crippen molar-refractivity contribution < 1.29 is 14.7 Å². The minimum absolute atomic E-state index is 0.0170. The number of rotatable bonds is 6. The van der Waals surface area contributed by atoms with Crippen molar-refractivity contribution in [2.24, 2.45) is 0 Å². The third-order valence-corrected chi connectivity index (χ3v) is 4.16. The molecule has 1 saturated heterocycles. The largest absolute Gasteiger partial charge is 0.481 e. The fourth-order valence-electron chi connectivity index (χ4n) is 1.87. The number of carbonyl (C=O) groups is 2. The van der Waals surface area contributed by atoms with Crippen molar-refractivity contribution in [3.05, 3.63) is 35.9 Å². The summed E-state index contributed by atoms with van der Waals surface area (Å²) in [4.78, 5) is 24.2. The van der Waals surface area contributed by atoms with Crippen LogP contribution in [0.1, 0.15) is 5.56 Å². The molecule has 1 amide bonds. The van der Waals surface area contributed by atoms with Crippen molar-refractivity contribution in [3.63, 3.8) is 0 Å². The van der Waals surface area contributed by atoms with Gasteiger partial charge in [0.1, 0.15) is 6.04 Å². The van der Waals surface area contributed by atoms with Crippen LogP contribution in [0.15, 0.2) is 30.3 Å². The Balaban J connectivity index is 1.93. The Morgan fingerprint density at radius 3 is 2.75 bits per heavy atom. The molecule has 7 heteroatoms. The van der Waals surface area contributed by atoms with E-state index in [2.05, 4.69) is 5.32 Å². The lowest BCUT2D eigenvalue weighted by molar-refractivity contribution is -0.134. The zero-order valence-electron chi connectivity index (χ0n) is 10.6. The molecule has 0 bridgehead atoms. The maximum absolute atomic E-state index is 12.2. The molecule has 0 saturated carbocycles. The fourth-order valence-corrected chi connectivity index (χ4v) is 2.92. The second-order valence-corrected chi connectivity index (χ2v) is 5.74. The van der Waals surface area contributed by atoms with Gasteiger partial charge in [-0.1, -0.05) is 30.3 Å². The number of nitrogens with one attached hydrogen (secondary N) is 1. The molecule has 0 radical (unpaired) electrons. The van der Waals surface area contributed by atoms with Crippen LogP contribution in [0.5, 0.6) is 0 Å². The summed E-state index contributed by atoms with van der Waals surface area (Å²) < 4.78 is 0. The van der Waals surface area contributed by atoms with Gasteiger partial charge in [-0.15, -0.1) is 11.8 Å². The van der Waals surface area contributed by atoms with Crippen molar-refractivity contribution in [1.29, 1.82) is 0 Å². The van der Waals surface area contributed by atoms with Crippen LogP contribution in [-0.4, -0.2) is 44.5 Å². The quantitative estimate of drug-likeness (QED) is 0.767. The Morgan fingerprint density at radius 2 is 2.10 bits per heavy atom. The van der Waals surface area contributed by atoms with Gasteiger partial charge >= 0.3 is 5.97 Å². The summed E-state index contributed by atoms with van der Waals surface area (Å²) >= 11 is 6.37. The van der Waals surface area contributed by atoms with Gasteiger partial charge in [-0.2, -0.15) is 0 Å². The Morgan fingerprint density at radius 1 is 1.40 bits per heavy atom. The first-order valence-corrected chi connectivity index (χ1v) is 7.59. The van der Waals surface area contributed by atoms with Crippen molar-refractivity contribution in [2.75, 3.05) is 11.5 Å². The van der Waals surface area contributed by atoms with Gasteiger partial charge in [0.05, 0.1) is 12.3 Å². The number of hydrogen-bond donors (Lipinski definition) is 2. The van der Waals surface area contributed by atoms with E-state index < -0.39 is 12.0 Å². The van der Waals surface area contributed by atoms with Gasteiger partial charge in [-0.25, -0.2) is 0 Å². The van der Waals surface area contributed by atoms with Crippen LogP contribution in [0.2, 0.25) is 0 Å². The lowest BCUT2D eigenvalue weighted by Gasteiger charge is -2.14. The lowest BCUT2D eigenvalue weighted by atomic mass is 10.2. The molecule has 2 N–H and O–H groups in total. The molecule has 1 heterocycles. The molecular formula is C13H14N2O3S2. The number of thioether (sulfide) groups is 1. The summed E-state index contributed by atoms with van der Waals surface area (Å²) in [5.74, 6) is -0.603. The third-order valence-electron chi connectivity index (χ3n) is 2.80. The van der Waals surface area contributed by atoms with E-state index in [1.54, 1.807) is 0 Å². The fraction of sp³-hybridized carbons (Fsp3) is 0.308. The van der Waals surface area contributed by atoms with E-state index in [9.17, 15) is 9.59 Å². The van der Waals surface area contributed by atoms with Crippen molar-refractivity contribution in [1.82, 2.24) is 10.2 Å². The van der Waals surface area contributed by atoms with Gasteiger partial charge in [0.2, 0.25) is 0 Å². The zero-order valence-corrected chi connectivity index (χ0v) is 12.2. The average molecular weight is 310 g/mol. The highest BCUT2D eigenvalue weighted by Crippen LogP contribution is 2.15. The number of hydrogen-bond acceptors (Lipinski definition) is 4. The predicted molar refractivity (Wildman–Crippen MR) is 81.5 cm³/mol. The van der Waals surface area contributed by atoms with Crippen molar-refractivity contribution >= 4 is 41.0 Å². The highest BCUT2D eigenvalue weighted by Gasteiger charge is 2.35. The number of thiocarbonyl (C=S) groups is 1. The maximum atomic E-state index is 12.2. The summed E-state index contributed by atoms with van der Waals surface area (Å²) in [6.07, 6.45) is 0. The first kappa shape index (κ1) is 14.8. The van der Waals surface area contributed by atoms with E-state index in [0.717, 1.165) is 5.56 Å². The minimum Gasteiger partial charge on any atom is -0.481 e. The molecule has 0 spiro atoms. The summed E-state index contributed by atoms with van der Waals surface area (Å²) in [5.41, 5.74) is 1.00. The van der Waals surface area contributed by atoms with E-state index in [1.165, 1.54) is 16.7 Å². The van der Waals surface area contributed by atoms with Crippen LogP contribution in [0.25, 0.3) is 0 Å². The Kier molecular flexibility index (Phi) is 4.97. The molecule has 0 aliphatic carbocycles. The van der Waals surface area contributed by atoms with E-state index in [4.69, 9.17) is 17.3 Å². The van der Waals surface area contributed by atoms with Crippen LogP contribution >= 0.6 is 24.0 Å². The van der Waals surface area contributed by atoms with E-state index in [1.807, 2.05) is 30.3 Å². The Hall–Kier alpha value is -1.60.